The van der Waals surface area contributed by atoms with Gasteiger partial charge in [0.2, 0.25) is 0 Å². The molecule has 0 bridgehead atoms. The molecular weight excluding hydrogens is 1570 g/mol. The van der Waals surface area contributed by atoms with Gasteiger partial charge in [0, 0.05) is 140 Å². The molecule has 0 saturated carbocycles. The molecular formula is C115H71N9S2. The first-order valence-corrected chi connectivity index (χ1v) is 44.1. The smallest absolute Gasteiger partial charge is 0.165 e. The van der Waals surface area contributed by atoms with Crippen LogP contribution in [0.4, 0.5) is 0 Å². The fourth-order valence-corrected chi connectivity index (χ4v) is 21.6. The molecule has 8 aromatic heterocycles. The quantitative estimate of drug-likeness (QED) is 0.122. The monoisotopic (exact) mass is 1640 g/mol. The van der Waals surface area contributed by atoms with Crippen LogP contribution in [0, 0.1) is 0 Å². The van der Waals surface area contributed by atoms with Crippen molar-refractivity contribution in [1.82, 2.24) is 43.2 Å². The number of benzene rings is 18. The molecule has 0 fully saturated rings. The van der Waals surface area contributed by atoms with Crippen molar-refractivity contribution in [2.45, 2.75) is 0 Å². The Kier molecular flexibility index (Phi) is 17.1. The Labute approximate surface area is 731 Å². The van der Waals surface area contributed by atoms with E-state index in [-0.39, 0.29) is 0 Å². The lowest BCUT2D eigenvalue weighted by atomic mass is 9.97. The molecule has 11 heteroatoms. The summed E-state index contributed by atoms with van der Waals surface area (Å²) < 4.78 is 14.5. The third-order valence-corrected chi connectivity index (χ3v) is 27.3. The highest BCUT2D eigenvalue weighted by atomic mass is 32.1. The molecule has 0 amide bonds. The number of hydrogen-bond donors (Lipinski definition) is 0. The van der Waals surface area contributed by atoms with Gasteiger partial charge in [0.1, 0.15) is 0 Å². The molecule has 0 atom stereocenters. The Morgan fingerprint density at radius 2 is 0.389 bits per heavy atom. The topological polar surface area (TPSA) is 84.2 Å². The zero-order valence-electron chi connectivity index (χ0n) is 67.8. The van der Waals surface area contributed by atoms with E-state index in [1.165, 1.54) is 101 Å². The van der Waals surface area contributed by atoms with Gasteiger partial charge >= 0.3 is 0 Å². The van der Waals surface area contributed by atoms with Crippen LogP contribution in [0.15, 0.2) is 431 Å². The third-order valence-electron chi connectivity index (χ3n) is 24.8. The summed E-state index contributed by atoms with van der Waals surface area (Å²) in [5, 5.41) is 14.6. The normalized spacial score (nSPS) is 11.8. The van der Waals surface area contributed by atoms with E-state index in [0.29, 0.717) is 23.3 Å². The van der Waals surface area contributed by atoms with E-state index >= 15 is 0 Å². The molecule has 0 aliphatic carbocycles. The highest BCUT2D eigenvalue weighted by molar-refractivity contribution is 7.26. The summed E-state index contributed by atoms with van der Waals surface area (Å²) in [6, 6.07) is 154. The largest absolute Gasteiger partial charge is 0.309 e. The number of thiophene rings is 2. The van der Waals surface area contributed by atoms with Gasteiger partial charge in [0.05, 0.1) is 55.5 Å². The lowest BCUT2D eigenvalue weighted by Gasteiger charge is -2.17. The molecule has 0 radical (unpaired) electrons. The highest BCUT2D eigenvalue weighted by Crippen LogP contribution is 2.49. The van der Waals surface area contributed by atoms with E-state index in [0.717, 1.165) is 117 Å². The average molecular weight is 1640 g/mol. The van der Waals surface area contributed by atoms with Crippen molar-refractivity contribution < 1.29 is 0 Å². The second kappa shape index (κ2) is 29.8. The molecule has 26 rings (SSSR count). The van der Waals surface area contributed by atoms with Crippen molar-refractivity contribution in [1.29, 1.82) is 0 Å². The first kappa shape index (κ1) is 72.5. The average Bonchev–Trinajstić information content (AvgIpc) is 1.52. The van der Waals surface area contributed by atoms with Gasteiger partial charge in [-0.25, -0.2) is 24.9 Å². The number of aromatic nitrogens is 9. The predicted molar refractivity (Wildman–Crippen MR) is 528 cm³/mol. The Morgan fingerprint density at radius 3 is 0.683 bits per heavy atom. The predicted octanol–water partition coefficient (Wildman–Crippen LogP) is 30.8. The van der Waals surface area contributed by atoms with E-state index in [4.69, 9.17) is 24.9 Å². The van der Waals surface area contributed by atoms with E-state index < -0.39 is 0 Å². The highest BCUT2D eigenvalue weighted by Gasteiger charge is 2.26. The van der Waals surface area contributed by atoms with Crippen molar-refractivity contribution in [3.63, 3.8) is 0 Å². The first-order valence-electron chi connectivity index (χ1n) is 42.5. The van der Waals surface area contributed by atoms with Gasteiger partial charge in [-0.2, -0.15) is 0 Å². The molecule has 0 N–H and O–H groups in total. The number of para-hydroxylation sites is 8. The standard InChI is InChI=1S/C58H36N4S.C57H35N5S/c1-3-17-37(18-4-1)50-36-51(38-19-5-2-6-20-38)60-58(59-50)49-34-40(33-48-47-25-11-16-30-56(47)63-57(48)49)39-31-41(61-52-26-12-7-21-43(52)44-22-8-13-27-53(44)61)35-42(32-39)62-54-28-14-9-23-45(54)46-24-10-15-29-55(46)62;1-3-17-36(18-4-1)55-58-56(37-19-5-2-6-20-37)60-57(59-55)48-34-39(33-47-46-25-11-16-30-53(46)63-54(47)48)38-31-40(61-49-26-12-7-21-42(49)43-22-8-13-27-50(43)61)35-41(32-38)62-51-28-14-9-23-44(51)45-24-10-15-29-52(45)62/h1-36H;1-35H. The molecule has 0 spiro atoms. The zero-order valence-corrected chi connectivity index (χ0v) is 69.5. The minimum Gasteiger partial charge on any atom is -0.309 e. The van der Waals surface area contributed by atoms with Gasteiger partial charge in [-0.1, -0.05) is 303 Å². The Balaban J connectivity index is 0.000000137. The summed E-state index contributed by atoms with van der Waals surface area (Å²) in [6.07, 6.45) is 0. The minimum absolute atomic E-state index is 0.640. The SMILES string of the molecule is c1ccc(-c2cc(-c3ccccc3)nc(-c3cc(-c4cc(-n5c6ccccc6c6ccccc65)cc(-n5c6ccccc6c6ccccc65)c4)cc4c3sc3ccccc34)n2)cc1.c1ccc(-c2nc(-c3ccccc3)nc(-c3cc(-c4cc(-n5c6ccccc6c6ccccc65)cc(-n5c6ccccc6c6ccccc65)c4)cc4c3sc3ccccc34)n2)cc1. The van der Waals surface area contributed by atoms with Gasteiger partial charge < -0.3 is 18.3 Å². The molecule has 26 aromatic rings. The summed E-state index contributed by atoms with van der Waals surface area (Å²) in [5.74, 6) is 2.62. The molecule has 588 valence electrons. The fourth-order valence-electron chi connectivity index (χ4n) is 19.2. The van der Waals surface area contributed by atoms with E-state index in [9.17, 15) is 0 Å². The van der Waals surface area contributed by atoms with E-state index in [1.54, 1.807) is 11.3 Å². The summed E-state index contributed by atoms with van der Waals surface area (Å²) in [4.78, 5) is 26.4. The van der Waals surface area contributed by atoms with Crippen LogP contribution in [-0.2, 0) is 0 Å². The van der Waals surface area contributed by atoms with E-state index in [2.05, 4.69) is 413 Å². The molecule has 126 heavy (non-hydrogen) atoms. The van der Waals surface area contributed by atoms with Gasteiger partial charge in [0.15, 0.2) is 23.3 Å². The maximum atomic E-state index is 5.39. The summed E-state index contributed by atoms with van der Waals surface area (Å²) in [6.45, 7) is 0. The summed E-state index contributed by atoms with van der Waals surface area (Å²) in [5.41, 5.74) is 25.8. The van der Waals surface area contributed by atoms with Gasteiger partial charge in [-0.05, 0) is 150 Å². The minimum atomic E-state index is 0.640. The van der Waals surface area contributed by atoms with Gasteiger partial charge in [-0.3, -0.25) is 0 Å². The second-order valence-electron chi connectivity index (χ2n) is 32.2. The van der Waals surface area contributed by atoms with Crippen LogP contribution in [0.25, 0.3) is 241 Å². The first-order chi connectivity index (χ1) is 62.5. The number of hydrogen-bond acceptors (Lipinski definition) is 7. The molecule has 18 aromatic carbocycles. The lowest BCUT2D eigenvalue weighted by Crippen LogP contribution is -2.01. The van der Waals surface area contributed by atoms with Crippen LogP contribution in [-0.4, -0.2) is 43.2 Å². The van der Waals surface area contributed by atoms with Crippen LogP contribution in [0.3, 0.4) is 0 Å². The van der Waals surface area contributed by atoms with Crippen LogP contribution in [0.2, 0.25) is 0 Å². The van der Waals surface area contributed by atoms with Gasteiger partial charge in [0.25, 0.3) is 0 Å². The van der Waals surface area contributed by atoms with Crippen LogP contribution in [0.1, 0.15) is 0 Å². The van der Waals surface area contributed by atoms with Crippen molar-refractivity contribution >= 4 is 150 Å². The van der Waals surface area contributed by atoms with Crippen LogP contribution >= 0.6 is 22.7 Å². The van der Waals surface area contributed by atoms with E-state index in [1.807, 2.05) is 47.7 Å². The zero-order chi connectivity index (χ0) is 82.9. The van der Waals surface area contributed by atoms with Gasteiger partial charge in [-0.15, -0.1) is 22.7 Å². The Hall–Kier alpha value is -16.3. The van der Waals surface area contributed by atoms with Crippen LogP contribution in [0.5, 0.6) is 0 Å². The van der Waals surface area contributed by atoms with Crippen molar-refractivity contribution in [3.05, 3.63) is 431 Å². The van der Waals surface area contributed by atoms with Crippen LogP contribution < -0.4 is 0 Å². The number of nitrogens with zero attached hydrogens (tertiary/aromatic N) is 9. The number of fused-ring (bicyclic) bond motifs is 18. The van der Waals surface area contributed by atoms with Crippen molar-refractivity contribution in [2.24, 2.45) is 0 Å². The molecule has 8 heterocycles. The number of rotatable bonds is 12. The molecule has 0 aliphatic heterocycles. The third kappa shape index (κ3) is 12.1. The Morgan fingerprint density at radius 1 is 0.159 bits per heavy atom. The fraction of sp³-hybridized carbons (Fsp3) is 0. The lowest BCUT2D eigenvalue weighted by molar-refractivity contribution is 1.08. The summed E-state index contributed by atoms with van der Waals surface area (Å²) in [7, 11) is 0. The maximum Gasteiger partial charge on any atom is 0.165 e. The molecule has 0 saturated heterocycles. The summed E-state index contributed by atoms with van der Waals surface area (Å²) >= 11 is 3.60. The van der Waals surface area contributed by atoms with Crippen molar-refractivity contribution in [3.8, 4) is 113 Å². The second-order valence-corrected chi connectivity index (χ2v) is 34.3. The Bertz CT molecular complexity index is 7750. The molecule has 0 unspecified atom stereocenters. The molecule has 9 nitrogen and oxygen atoms in total. The maximum absolute atomic E-state index is 5.39. The van der Waals surface area contributed by atoms with Crippen molar-refractivity contribution in [2.75, 3.05) is 0 Å². The molecule has 0 aliphatic rings.